The summed E-state index contributed by atoms with van der Waals surface area (Å²) in [6.07, 6.45) is 7.27. The summed E-state index contributed by atoms with van der Waals surface area (Å²) in [7, 11) is 0. The largest absolute Gasteiger partial charge is 0.339 e. The Morgan fingerprint density at radius 1 is 1.20 bits per heavy atom. The van der Waals surface area contributed by atoms with Crippen LogP contribution in [0.1, 0.15) is 63.6 Å². The number of nitrogens with one attached hydrogen (secondary N) is 1. The third-order valence-corrected chi connectivity index (χ3v) is 5.19. The van der Waals surface area contributed by atoms with Crippen molar-refractivity contribution in [1.29, 1.82) is 0 Å². The van der Waals surface area contributed by atoms with Crippen LogP contribution in [0.4, 0.5) is 0 Å². The van der Waals surface area contributed by atoms with Crippen LogP contribution in [0, 0.1) is 17.8 Å². The summed E-state index contributed by atoms with van der Waals surface area (Å²) in [4.78, 5) is 4.66. The number of rotatable bonds is 4. The van der Waals surface area contributed by atoms with Gasteiger partial charge in [0.15, 0.2) is 5.82 Å². The van der Waals surface area contributed by atoms with Crippen LogP contribution in [0.2, 0.25) is 0 Å². The normalized spacial score (nSPS) is 31.1. The van der Waals surface area contributed by atoms with Crippen molar-refractivity contribution in [2.75, 3.05) is 13.1 Å². The Kier molecular flexibility index (Phi) is 4.39. The van der Waals surface area contributed by atoms with Gasteiger partial charge in [-0.15, -0.1) is 0 Å². The van der Waals surface area contributed by atoms with Gasteiger partial charge in [-0.2, -0.15) is 4.98 Å². The van der Waals surface area contributed by atoms with E-state index < -0.39 is 0 Å². The maximum Gasteiger partial charge on any atom is 0.226 e. The Bertz CT molecular complexity index is 415. The molecule has 20 heavy (non-hydrogen) atoms. The quantitative estimate of drug-likeness (QED) is 0.918. The lowest BCUT2D eigenvalue weighted by molar-refractivity contribution is 0.251. The van der Waals surface area contributed by atoms with Gasteiger partial charge in [0.05, 0.1) is 0 Å². The van der Waals surface area contributed by atoms with Crippen LogP contribution in [0.5, 0.6) is 0 Å². The third-order valence-electron chi connectivity index (χ3n) is 5.19. The van der Waals surface area contributed by atoms with Gasteiger partial charge in [0.2, 0.25) is 5.89 Å². The van der Waals surface area contributed by atoms with Gasteiger partial charge in [0.25, 0.3) is 0 Å². The highest BCUT2D eigenvalue weighted by Gasteiger charge is 2.27. The maximum absolute atomic E-state index is 5.47. The lowest BCUT2D eigenvalue weighted by Gasteiger charge is -2.29. The second kappa shape index (κ2) is 6.25. The van der Waals surface area contributed by atoms with Crippen molar-refractivity contribution in [1.82, 2.24) is 15.5 Å². The Hall–Kier alpha value is -0.900. The molecule has 1 unspecified atom stereocenters. The topological polar surface area (TPSA) is 51.0 Å². The summed E-state index contributed by atoms with van der Waals surface area (Å²) >= 11 is 0. The highest BCUT2D eigenvalue weighted by Crippen LogP contribution is 2.37. The average molecular weight is 277 g/mol. The molecule has 1 saturated heterocycles. The molecular weight excluding hydrogens is 250 g/mol. The maximum atomic E-state index is 5.47. The number of nitrogens with zero attached hydrogens (tertiary/aromatic N) is 2. The van der Waals surface area contributed by atoms with E-state index in [2.05, 4.69) is 29.3 Å². The fourth-order valence-corrected chi connectivity index (χ4v) is 3.70. The van der Waals surface area contributed by atoms with Gasteiger partial charge in [0, 0.05) is 12.3 Å². The molecule has 3 rings (SSSR count). The Labute approximate surface area is 121 Å². The van der Waals surface area contributed by atoms with E-state index in [1.54, 1.807) is 0 Å². The summed E-state index contributed by atoms with van der Waals surface area (Å²) in [5.41, 5.74) is 0. The minimum atomic E-state index is 0.532. The zero-order valence-electron chi connectivity index (χ0n) is 12.8. The van der Waals surface area contributed by atoms with E-state index in [1.165, 1.54) is 32.1 Å². The molecule has 4 heteroatoms. The van der Waals surface area contributed by atoms with Gasteiger partial charge >= 0.3 is 0 Å². The molecule has 1 aromatic heterocycles. The van der Waals surface area contributed by atoms with Crippen LogP contribution in [0.25, 0.3) is 0 Å². The minimum absolute atomic E-state index is 0.532. The van der Waals surface area contributed by atoms with Gasteiger partial charge in [-0.05, 0) is 62.9 Å². The summed E-state index contributed by atoms with van der Waals surface area (Å²) in [5.74, 6) is 4.73. The van der Waals surface area contributed by atoms with E-state index in [9.17, 15) is 0 Å². The van der Waals surface area contributed by atoms with Crippen molar-refractivity contribution in [3.05, 3.63) is 11.7 Å². The smallest absolute Gasteiger partial charge is 0.226 e. The standard InChI is InChI=1S/C16H27N3O/c1-11(2)13-3-5-14(6-4-13)16-18-15(20-19-16)9-12-7-8-17-10-12/h11-14,17H,3-10H2,1-2H3. The highest BCUT2D eigenvalue weighted by molar-refractivity contribution is 4.99. The van der Waals surface area contributed by atoms with Crippen molar-refractivity contribution in [3.63, 3.8) is 0 Å². The van der Waals surface area contributed by atoms with Crippen LogP contribution >= 0.6 is 0 Å². The van der Waals surface area contributed by atoms with Crippen molar-refractivity contribution in [3.8, 4) is 0 Å². The minimum Gasteiger partial charge on any atom is -0.339 e. The van der Waals surface area contributed by atoms with Gasteiger partial charge < -0.3 is 9.84 Å². The van der Waals surface area contributed by atoms with E-state index in [4.69, 9.17) is 4.52 Å². The molecule has 1 aliphatic carbocycles. The number of hydrogen-bond acceptors (Lipinski definition) is 4. The lowest BCUT2D eigenvalue weighted by Crippen LogP contribution is -2.18. The predicted molar refractivity (Wildman–Crippen MR) is 78.5 cm³/mol. The van der Waals surface area contributed by atoms with E-state index in [1.807, 2.05) is 0 Å². The van der Waals surface area contributed by atoms with Crippen LogP contribution in [0.15, 0.2) is 4.52 Å². The van der Waals surface area contributed by atoms with Crippen molar-refractivity contribution in [2.24, 2.45) is 17.8 Å². The van der Waals surface area contributed by atoms with E-state index in [0.29, 0.717) is 11.8 Å². The molecule has 1 N–H and O–H groups in total. The fourth-order valence-electron chi connectivity index (χ4n) is 3.70. The van der Waals surface area contributed by atoms with Crippen molar-refractivity contribution >= 4 is 0 Å². The zero-order chi connectivity index (χ0) is 13.9. The summed E-state index contributed by atoms with van der Waals surface area (Å²) in [5, 5.41) is 7.63. The molecule has 2 heterocycles. The third kappa shape index (κ3) is 3.22. The summed E-state index contributed by atoms with van der Waals surface area (Å²) in [6, 6.07) is 0. The van der Waals surface area contributed by atoms with Crippen LogP contribution in [-0.4, -0.2) is 23.2 Å². The number of hydrogen-bond donors (Lipinski definition) is 1. The van der Waals surface area contributed by atoms with Gasteiger partial charge in [-0.3, -0.25) is 0 Å². The van der Waals surface area contributed by atoms with Gasteiger partial charge in [0.1, 0.15) is 0 Å². The Balaban J connectivity index is 1.54. The SMILES string of the molecule is CC(C)C1CCC(c2noc(CC3CCNC3)n2)CC1. The molecule has 2 aliphatic rings. The first-order chi connectivity index (χ1) is 9.72. The van der Waals surface area contributed by atoms with E-state index >= 15 is 0 Å². The Morgan fingerprint density at radius 2 is 2.00 bits per heavy atom. The fraction of sp³-hybridized carbons (Fsp3) is 0.875. The second-order valence-corrected chi connectivity index (χ2v) is 6.96. The van der Waals surface area contributed by atoms with Gasteiger partial charge in [-0.25, -0.2) is 0 Å². The molecule has 0 aromatic carbocycles. The predicted octanol–water partition coefficient (Wildman–Crippen LogP) is 3.15. The van der Waals surface area contributed by atoms with Crippen LogP contribution in [-0.2, 0) is 6.42 Å². The molecular formula is C16H27N3O. The monoisotopic (exact) mass is 277 g/mol. The highest BCUT2D eigenvalue weighted by atomic mass is 16.5. The second-order valence-electron chi connectivity index (χ2n) is 6.96. The average Bonchev–Trinajstić information content (AvgIpc) is 3.11. The first kappa shape index (κ1) is 14.1. The Morgan fingerprint density at radius 3 is 2.65 bits per heavy atom. The molecule has 0 radical (unpaired) electrons. The first-order valence-electron chi connectivity index (χ1n) is 8.25. The molecule has 112 valence electrons. The number of aromatic nitrogens is 2. The van der Waals surface area contributed by atoms with Crippen molar-refractivity contribution in [2.45, 2.75) is 58.3 Å². The molecule has 4 nitrogen and oxygen atoms in total. The van der Waals surface area contributed by atoms with Crippen LogP contribution < -0.4 is 5.32 Å². The van der Waals surface area contributed by atoms with E-state index in [0.717, 1.165) is 43.1 Å². The molecule has 1 aliphatic heterocycles. The molecule has 0 spiro atoms. The van der Waals surface area contributed by atoms with Gasteiger partial charge in [-0.1, -0.05) is 19.0 Å². The molecule has 0 amide bonds. The summed E-state index contributed by atoms with van der Waals surface area (Å²) in [6.45, 7) is 6.91. The lowest BCUT2D eigenvalue weighted by atomic mass is 9.77. The van der Waals surface area contributed by atoms with Crippen LogP contribution in [0.3, 0.4) is 0 Å². The first-order valence-corrected chi connectivity index (χ1v) is 8.25. The summed E-state index contributed by atoms with van der Waals surface area (Å²) < 4.78 is 5.47. The zero-order valence-corrected chi connectivity index (χ0v) is 12.8. The van der Waals surface area contributed by atoms with Crippen molar-refractivity contribution < 1.29 is 4.52 Å². The molecule has 0 bridgehead atoms. The van der Waals surface area contributed by atoms with E-state index in [-0.39, 0.29) is 0 Å². The molecule has 1 atom stereocenters. The molecule has 1 saturated carbocycles. The molecule has 2 fully saturated rings. The molecule has 1 aromatic rings.